The molecule has 0 fully saturated rings. The van der Waals surface area contributed by atoms with Crippen LogP contribution in [0.3, 0.4) is 0 Å². The second-order valence-corrected chi connectivity index (χ2v) is 4.73. The van der Waals surface area contributed by atoms with E-state index in [2.05, 4.69) is 74.2 Å². The van der Waals surface area contributed by atoms with Gasteiger partial charge in [-0.15, -0.1) is 0 Å². The molecule has 20 heavy (non-hydrogen) atoms. The van der Waals surface area contributed by atoms with Crippen LogP contribution in [-0.2, 0) is 0 Å². The van der Waals surface area contributed by atoms with Crippen LogP contribution in [0.1, 0.15) is 32.8 Å². The highest BCUT2D eigenvalue weighted by molar-refractivity contribution is 5.65. The van der Waals surface area contributed by atoms with E-state index in [1.165, 1.54) is 22.3 Å². The minimum absolute atomic E-state index is 0. The average molecular weight is 264 g/mol. The minimum atomic E-state index is 0. The summed E-state index contributed by atoms with van der Waals surface area (Å²) in [6.45, 7) is 6.21. The van der Waals surface area contributed by atoms with Gasteiger partial charge in [0.05, 0.1) is 0 Å². The van der Waals surface area contributed by atoms with Gasteiger partial charge in [-0.25, -0.2) is 0 Å². The van der Waals surface area contributed by atoms with E-state index in [0.29, 0.717) is 0 Å². The van der Waals surface area contributed by atoms with Crippen molar-refractivity contribution in [2.45, 2.75) is 27.2 Å². The van der Waals surface area contributed by atoms with Crippen LogP contribution in [0.15, 0.2) is 72.8 Å². The van der Waals surface area contributed by atoms with Gasteiger partial charge in [0.25, 0.3) is 0 Å². The molecule has 0 aromatic heterocycles. The summed E-state index contributed by atoms with van der Waals surface area (Å²) in [4.78, 5) is 0. The largest absolute Gasteiger partial charge is 0.0958 e. The number of hydrogen-bond donors (Lipinski definition) is 0. The molecule has 0 amide bonds. The second-order valence-electron chi connectivity index (χ2n) is 4.73. The Bertz CT molecular complexity index is 544. The first-order chi connectivity index (χ1) is 9.29. The predicted octanol–water partition coefficient (Wildman–Crippen LogP) is 6.36. The van der Waals surface area contributed by atoms with Gasteiger partial charge in [-0.05, 0) is 23.1 Å². The minimum Gasteiger partial charge on any atom is -0.0958 e. The molecule has 0 heteroatoms. The van der Waals surface area contributed by atoms with Gasteiger partial charge in [-0.1, -0.05) is 99.7 Å². The normalized spacial score (nSPS) is 10.2. The number of allylic oxidation sites excluding steroid dienone is 2. The third-order valence-electron chi connectivity index (χ3n) is 3.10. The molecule has 0 radical (unpaired) electrons. The Hall–Kier alpha value is -2.08. The van der Waals surface area contributed by atoms with Crippen molar-refractivity contribution in [3.8, 4) is 11.1 Å². The Morgan fingerprint density at radius 2 is 1.55 bits per heavy atom. The van der Waals surface area contributed by atoms with Crippen LogP contribution >= 0.6 is 0 Å². The quantitative estimate of drug-likeness (QED) is 0.551. The molecule has 0 spiro atoms. The molecular weight excluding hydrogens is 240 g/mol. The van der Waals surface area contributed by atoms with Gasteiger partial charge < -0.3 is 0 Å². The molecule has 0 aliphatic carbocycles. The smallest absolute Gasteiger partial charge is 0.0184 e. The summed E-state index contributed by atoms with van der Waals surface area (Å²) in [5, 5.41) is 0. The number of hydrogen-bond acceptors (Lipinski definition) is 0. The molecule has 0 aliphatic rings. The highest BCUT2D eigenvalue weighted by Gasteiger charge is 1.95. The molecule has 0 N–H and O–H groups in total. The summed E-state index contributed by atoms with van der Waals surface area (Å²) in [5.41, 5.74) is 4.92. The monoisotopic (exact) mass is 264 g/mol. The van der Waals surface area contributed by atoms with E-state index in [1.54, 1.807) is 0 Å². The summed E-state index contributed by atoms with van der Waals surface area (Å²) < 4.78 is 0. The molecule has 0 aliphatic heterocycles. The fraction of sp³-hybridized carbons (Fsp3) is 0.200. The van der Waals surface area contributed by atoms with Gasteiger partial charge in [0.1, 0.15) is 0 Å². The van der Waals surface area contributed by atoms with Crippen LogP contribution < -0.4 is 0 Å². The summed E-state index contributed by atoms with van der Waals surface area (Å²) in [7, 11) is 0. The molecule has 2 rings (SSSR count). The van der Waals surface area contributed by atoms with E-state index >= 15 is 0 Å². The van der Waals surface area contributed by atoms with Crippen molar-refractivity contribution in [1.29, 1.82) is 0 Å². The lowest BCUT2D eigenvalue weighted by Gasteiger charge is -2.02. The SMILES string of the molecule is C.C=C(/C=C/c1ccc(-c2ccccc2)cc1)CCC. The van der Waals surface area contributed by atoms with Gasteiger partial charge in [0.2, 0.25) is 0 Å². The van der Waals surface area contributed by atoms with Gasteiger partial charge in [0.15, 0.2) is 0 Å². The van der Waals surface area contributed by atoms with Crippen LogP contribution in [-0.4, -0.2) is 0 Å². The molecule has 2 aromatic rings. The molecular formula is C20H24. The fourth-order valence-electron chi connectivity index (χ4n) is 2.04. The van der Waals surface area contributed by atoms with Crippen molar-refractivity contribution in [3.05, 3.63) is 78.4 Å². The maximum absolute atomic E-state index is 4.04. The van der Waals surface area contributed by atoms with Gasteiger partial charge >= 0.3 is 0 Å². The van der Waals surface area contributed by atoms with E-state index in [-0.39, 0.29) is 7.43 Å². The summed E-state index contributed by atoms with van der Waals surface area (Å²) in [5.74, 6) is 0. The Morgan fingerprint density at radius 1 is 0.950 bits per heavy atom. The van der Waals surface area contributed by atoms with Crippen LogP contribution in [0.2, 0.25) is 0 Å². The van der Waals surface area contributed by atoms with Crippen LogP contribution in [0.5, 0.6) is 0 Å². The van der Waals surface area contributed by atoms with Crippen molar-refractivity contribution in [2.75, 3.05) is 0 Å². The van der Waals surface area contributed by atoms with Gasteiger partial charge in [-0.2, -0.15) is 0 Å². The van der Waals surface area contributed by atoms with Crippen molar-refractivity contribution in [2.24, 2.45) is 0 Å². The third-order valence-corrected chi connectivity index (χ3v) is 3.10. The molecule has 0 saturated carbocycles. The van der Waals surface area contributed by atoms with E-state index in [1.807, 2.05) is 6.07 Å². The zero-order valence-electron chi connectivity index (χ0n) is 11.5. The van der Waals surface area contributed by atoms with Crippen LogP contribution in [0.25, 0.3) is 17.2 Å². The predicted molar refractivity (Wildman–Crippen MR) is 91.7 cm³/mol. The maximum Gasteiger partial charge on any atom is -0.0184 e. The Labute approximate surface area is 123 Å². The second kappa shape index (κ2) is 8.16. The van der Waals surface area contributed by atoms with Gasteiger partial charge in [-0.3, -0.25) is 0 Å². The van der Waals surface area contributed by atoms with Crippen molar-refractivity contribution in [1.82, 2.24) is 0 Å². The molecule has 2 aromatic carbocycles. The summed E-state index contributed by atoms with van der Waals surface area (Å²) in [6.07, 6.45) is 6.46. The van der Waals surface area contributed by atoms with E-state index < -0.39 is 0 Å². The van der Waals surface area contributed by atoms with Crippen LogP contribution in [0.4, 0.5) is 0 Å². The topological polar surface area (TPSA) is 0 Å². The van der Waals surface area contributed by atoms with Crippen molar-refractivity contribution < 1.29 is 0 Å². The van der Waals surface area contributed by atoms with Crippen molar-refractivity contribution in [3.63, 3.8) is 0 Å². The molecule has 0 saturated heterocycles. The molecule has 0 atom stereocenters. The van der Waals surface area contributed by atoms with E-state index in [0.717, 1.165) is 12.8 Å². The lowest BCUT2D eigenvalue weighted by atomic mass is 10.0. The lowest BCUT2D eigenvalue weighted by molar-refractivity contribution is 0.931. The van der Waals surface area contributed by atoms with E-state index in [4.69, 9.17) is 0 Å². The average Bonchev–Trinajstić information content (AvgIpc) is 2.47. The molecule has 0 heterocycles. The Balaban J connectivity index is 0.00000200. The van der Waals surface area contributed by atoms with E-state index in [9.17, 15) is 0 Å². The highest BCUT2D eigenvalue weighted by atomic mass is 14.0. The zero-order chi connectivity index (χ0) is 13.5. The molecule has 104 valence electrons. The molecule has 0 bridgehead atoms. The van der Waals surface area contributed by atoms with Gasteiger partial charge in [0, 0.05) is 0 Å². The summed E-state index contributed by atoms with van der Waals surface area (Å²) in [6, 6.07) is 19.1. The Kier molecular flexibility index (Phi) is 6.52. The number of rotatable bonds is 5. The number of benzene rings is 2. The molecule has 0 unspecified atom stereocenters. The highest BCUT2D eigenvalue weighted by Crippen LogP contribution is 2.20. The third kappa shape index (κ3) is 4.55. The summed E-state index contributed by atoms with van der Waals surface area (Å²) >= 11 is 0. The first kappa shape index (κ1) is 16.0. The standard InChI is InChI=1S/C19H20.CH4/c1-3-7-16(2)10-11-17-12-14-19(15-13-17)18-8-5-4-6-9-18;/h4-6,8-15H,2-3,7H2,1H3;1H4/b11-10+;. The maximum atomic E-state index is 4.04. The lowest BCUT2D eigenvalue weighted by Crippen LogP contribution is -1.78. The van der Waals surface area contributed by atoms with Crippen LogP contribution in [0, 0.1) is 0 Å². The first-order valence-corrected chi connectivity index (χ1v) is 6.81. The Morgan fingerprint density at radius 3 is 2.15 bits per heavy atom. The van der Waals surface area contributed by atoms with Crippen molar-refractivity contribution >= 4 is 6.08 Å². The molecule has 0 nitrogen and oxygen atoms in total. The first-order valence-electron chi connectivity index (χ1n) is 6.81. The zero-order valence-corrected chi connectivity index (χ0v) is 11.5. The fourth-order valence-corrected chi connectivity index (χ4v) is 2.04.